The number of halogens is 1. The summed E-state index contributed by atoms with van der Waals surface area (Å²) in [6.07, 6.45) is 6.89. The van der Waals surface area contributed by atoms with Gasteiger partial charge in [0.1, 0.15) is 6.04 Å². The summed E-state index contributed by atoms with van der Waals surface area (Å²) < 4.78 is 0. The molecule has 0 saturated carbocycles. The molecular weight excluding hydrogens is 348 g/mol. The van der Waals surface area contributed by atoms with Crippen LogP contribution in [0.3, 0.4) is 0 Å². The number of benzene rings is 1. The summed E-state index contributed by atoms with van der Waals surface area (Å²) in [7, 11) is 0. The summed E-state index contributed by atoms with van der Waals surface area (Å²) in [5.41, 5.74) is 2.72. The van der Waals surface area contributed by atoms with E-state index < -0.39 is 6.04 Å². The minimum Gasteiger partial charge on any atom is -0.350 e. The third-order valence-corrected chi connectivity index (χ3v) is 4.27. The van der Waals surface area contributed by atoms with E-state index in [-0.39, 0.29) is 5.91 Å². The van der Waals surface area contributed by atoms with Gasteiger partial charge in [-0.1, -0.05) is 35.9 Å². The first-order valence-corrected chi connectivity index (χ1v) is 8.65. The van der Waals surface area contributed by atoms with E-state index in [9.17, 15) is 4.79 Å². The maximum atomic E-state index is 12.8. The minimum absolute atomic E-state index is 0.143. The lowest BCUT2D eigenvalue weighted by Crippen LogP contribution is -2.37. The molecule has 0 aliphatic rings. The van der Waals surface area contributed by atoms with Crippen molar-refractivity contribution in [2.24, 2.45) is 0 Å². The van der Waals surface area contributed by atoms with Gasteiger partial charge in [0.25, 0.3) is 0 Å². The van der Waals surface area contributed by atoms with E-state index in [1.165, 1.54) is 0 Å². The Morgan fingerprint density at radius 1 is 0.923 bits per heavy atom. The molecule has 0 spiro atoms. The molecule has 0 bridgehead atoms. The van der Waals surface area contributed by atoms with Crippen molar-refractivity contribution in [2.45, 2.75) is 19.1 Å². The number of hydrogen-bond acceptors (Lipinski definition) is 4. The number of rotatable bonds is 7. The van der Waals surface area contributed by atoms with Crippen molar-refractivity contribution in [1.29, 1.82) is 0 Å². The van der Waals surface area contributed by atoms with Gasteiger partial charge in [-0.15, -0.1) is 0 Å². The number of pyridine rings is 2. The molecule has 2 N–H and O–H groups in total. The van der Waals surface area contributed by atoms with Gasteiger partial charge in [0.15, 0.2) is 0 Å². The van der Waals surface area contributed by atoms with Gasteiger partial charge in [-0.3, -0.25) is 20.1 Å². The molecule has 26 heavy (non-hydrogen) atoms. The van der Waals surface area contributed by atoms with Crippen LogP contribution in [0, 0.1) is 0 Å². The lowest BCUT2D eigenvalue weighted by Gasteiger charge is -2.20. The summed E-state index contributed by atoms with van der Waals surface area (Å²) in [6.45, 7) is 0.934. The molecule has 0 aliphatic carbocycles. The molecule has 0 aliphatic heterocycles. The number of nitrogens with zero attached hydrogens (tertiary/aromatic N) is 2. The largest absolute Gasteiger partial charge is 0.350 e. The van der Waals surface area contributed by atoms with Gasteiger partial charge in [0.2, 0.25) is 5.91 Å². The number of carbonyl (C=O) groups excluding carboxylic acids is 1. The average molecular weight is 367 g/mol. The van der Waals surface area contributed by atoms with Crippen molar-refractivity contribution in [3.63, 3.8) is 0 Å². The van der Waals surface area contributed by atoms with Crippen molar-refractivity contribution >= 4 is 17.5 Å². The SMILES string of the molecule is O=C(NCc1cccnc1)C(NCc1ccncc1)c1ccccc1Cl. The number of nitrogens with one attached hydrogen (secondary N) is 2. The predicted molar refractivity (Wildman–Crippen MR) is 101 cm³/mol. The van der Waals surface area contributed by atoms with Crippen LogP contribution in [0.25, 0.3) is 0 Å². The zero-order valence-corrected chi connectivity index (χ0v) is 14.9. The van der Waals surface area contributed by atoms with E-state index >= 15 is 0 Å². The first-order valence-electron chi connectivity index (χ1n) is 8.27. The Balaban J connectivity index is 1.73. The van der Waals surface area contributed by atoms with E-state index in [2.05, 4.69) is 20.6 Å². The Morgan fingerprint density at radius 3 is 2.46 bits per heavy atom. The summed E-state index contributed by atoms with van der Waals surface area (Å²) >= 11 is 6.32. The highest BCUT2D eigenvalue weighted by Gasteiger charge is 2.22. The molecule has 1 atom stereocenters. The van der Waals surface area contributed by atoms with Crippen LogP contribution in [0.2, 0.25) is 5.02 Å². The second-order valence-electron chi connectivity index (χ2n) is 5.77. The van der Waals surface area contributed by atoms with E-state index in [4.69, 9.17) is 11.6 Å². The molecule has 1 aromatic carbocycles. The average Bonchev–Trinajstić information content (AvgIpc) is 2.69. The van der Waals surface area contributed by atoms with Crippen LogP contribution in [0.15, 0.2) is 73.3 Å². The molecule has 2 heterocycles. The quantitative estimate of drug-likeness (QED) is 0.673. The van der Waals surface area contributed by atoms with E-state index in [1.807, 2.05) is 42.5 Å². The maximum absolute atomic E-state index is 12.8. The summed E-state index contributed by atoms with van der Waals surface area (Å²) in [5, 5.41) is 6.79. The third-order valence-electron chi connectivity index (χ3n) is 3.93. The number of carbonyl (C=O) groups is 1. The van der Waals surface area contributed by atoms with Gasteiger partial charge in [-0.2, -0.15) is 0 Å². The molecule has 1 unspecified atom stereocenters. The molecule has 5 nitrogen and oxygen atoms in total. The number of amides is 1. The molecule has 0 radical (unpaired) electrons. The van der Waals surface area contributed by atoms with Crippen LogP contribution in [0.1, 0.15) is 22.7 Å². The van der Waals surface area contributed by atoms with E-state index in [0.29, 0.717) is 18.1 Å². The smallest absolute Gasteiger partial charge is 0.242 e. The standard InChI is InChI=1S/C20H19ClN4O/c21-18-6-2-1-5-17(18)19(24-13-15-7-10-22-11-8-15)20(26)25-14-16-4-3-9-23-12-16/h1-12,19,24H,13-14H2,(H,25,26). The van der Waals surface area contributed by atoms with Crippen molar-refractivity contribution in [3.8, 4) is 0 Å². The van der Waals surface area contributed by atoms with Gasteiger partial charge >= 0.3 is 0 Å². The highest BCUT2D eigenvalue weighted by Crippen LogP contribution is 2.23. The number of aromatic nitrogens is 2. The molecule has 3 rings (SSSR count). The van der Waals surface area contributed by atoms with Crippen LogP contribution in [0.4, 0.5) is 0 Å². The van der Waals surface area contributed by atoms with E-state index in [1.54, 1.807) is 30.9 Å². The Morgan fingerprint density at radius 2 is 1.73 bits per heavy atom. The van der Waals surface area contributed by atoms with Gasteiger partial charge in [-0.25, -0.2) is 0 Å². The molecule has 3 aromatic rings. The van der Waals surface area contributed by atoms with Crippen LogP contribution in [-0.2, 0) is 17.9 Å². The Bertz CT molecular complexity index is 843. The third kappa shape index (κ3) is 4.88. The highest BCUT2D eigenvalue weighted by molar-refractivity contribution is 6.31. The lowest BCUT2D eigenvalue weighted by atomic mass is 10.1. The Labute approximate surface area is 157 Å². The molecule has 1 amide bonds. The van der Waals surface area contributed by atoms with Crippen LogP contribution in [0.5, 0.6) is 0 Å². The zero-order valence-electron chi connectivity index (χ0n) is 14.1. The first-order chi connectivity index (χ1) is 12.7. The van der Waals surface area contributed by atoms with E-state index in [0.717, 1.165) is 16.7 Å². The van der Waals surface area contributed by atoms with Crippen molar-refractivity contribution in [2.75, 3.05) is 0 Å². The minimum atomic E-state index is -0.562. The maximum Gasteiger partial charge on any atom is 0.242 e. The summed E-state index contributed by atoms with van der Waals surface area (Å²) in [5.74, 6) is -0.143. The van der Waals surface area contributed by atoms with Crippen LogP contribution in [-0.4, -0.2) is 15.9 Å². The van der Waals surface area contributed by atoms with Crippen LogP contribution < -0.4 is 10.6 Å². The fourth-order valence-corrected chi connectivity index (χ4v) is 2.81. The van der Waals surface area contributed by atoms with Gasteiger partial charge < -0.3 is 5.32 Å². The molecule has 132 valence electrons. The molecule has 0 saturated heterocycles. The summed E-state index contributed by atoms with van der Waals surface area (Å²) in [4.78, 5) is 20.9. The fourth-order valence-electron chi connectivity index (χ4n) is 2.57. The summed E-state index contributed by atoms with van der Waals surface area (Å²) in [6, 6.07) is 14.4. The fraction of sp³-hybridized carbons (Fsp3) is 0.150. The number of hydrogen-bond donors (Lipinski definition) is 2. The normalized spacial score (nSPS) is 11.7. The Kier molecular flexibility index (Phi) is 6.30. The highest BCUT2D eigenvalue weighted by atomic mass is 35.5. The monoisotopic (exact) mass is 366 g/mol. The molecular formula is C20H19ClN4O. The van der Waals surface area contributed by atoms with Crippen molar-refractivity contribution in [3.05, 3.63) is 95.0 Å². The first kappa shape index (κ1) is 18.0. The second-order valence-corrected chi connectivity index (χ2v) is 6.18. The zero-order chi connectivity index (χ0) is 18.2. The predicted octanol–water partition coefficient (Wildman–Crippen LogP) is 3.28. The lowest BCUT2D eigenvalue weighted by molar-refractivity contribution is -0.123. The topological polar surface area (TPSA) is 66.9 Å². The van der Waals surface area contributed by atoms with Crippen LogP contribution >= 0.6 is 11.6 Å². The Hall–Kier alpha value is -2.76. The molecule has 0 fully saturated rings. The molecule has 2 aromatic heterocycles. The van der Waals surface area contributed by atoms with Gasteiger partial charge in [0, 0.05) is 42.9 Å². The van der Waals surface area contributed by atoms with Crippen molar-refractivity contribution < 1.29 is 4.79 Å². The molecule has 6 heteroatoms. The van der Waals surface area contributed by atoms with Gasteiger partial charge in [-0.05, 0) is 41.0 Å². The van der Waals surface area contributed by atoms with Gasteiger partial charge in [0.05, 0.1) is 0 Å². The second kappa shape index (κ2) is 9.08. The van der Waals surface area contributed by atoms with Crippen molar-refractivity contribution in [1.82, 2.24) is 20.6 Å².